The van der Waals surface area contributed by atoms with E-state index in [4.69, 9.17) is 15.6 Å². The molecule has 3 aromatic carbocycles. The minimum atomic E-state index is -5.07. The number of carboxylic acid groups (broad SMARTS) is 1. The fraction of sp³-hybridized carbons (Fsp3) is 0.214. The maximum Gasteiger partial charge on any atom is 0.426 e. The molecule has 7 nitrogen and oxygen atoms in total. The predicted octanol–water partition coefficient (Wildman–Crippen LogP) is 6.55. The van der Waals surface area contributed by atoms with E-state index in [0.29, 0.717) is 11.6 Å². The van der Waals surface area contributed by atoms with Crippen LogP contribution in [0.1, 0.15) is 30.3 Å². The zero-order valence-corrected chi connectivity index (χ0v) is 21.2. The number of nitrogens with two attached hydrogens (primary N) is 1. The molecule has 0 amide bonds. The van der Waals surface area contributed by atoms with Crippen LogP contribution in [0.15, 0.2) is 72.8 Å². The van der Waals surface area contributed by atoms with Crippen molar-refractivity contribution >= 4 is 5.97 Å². The average molecular weight is 562 g/mol. The summed E-state index contributed by atoms with van der Waals surface area (Å²) in [5.74, 6) is -2.54. The molecule has 1 aromatic heterocycles. The smallest absolute Gasteiger partial charge is 0.426 e. The highest BCUT2D eigenvalue weighted by Crippen LogP contribution is 2.43. The van der Waals surface area contributed by atoms with Crippen molar-refractivity contribution in [2.75, 3.05) is 7.11 Å². The van der Waals surface area contributed by atoms with Crippen LogP contribution in [0, 0.1) is 0 Å². The lowest BCUT2D eigenvalue weighted by atomic mass is 9.99. The normalized spacial score (nSPS) is 13.5. The van der Waals surface area contributed by atoms with Gasteiger partial charge < -0.3 is 25.3 Å². The molecule has 0 aliphatic carbocycles. The summed E-state index contributed by atoms with van der Waals surface area (Å²) in [6.07, 6.45) is -9.70. The molecule has 0 fully saturated rings. The zero-order chi connectivity index (χ0) is 29.3. The van der Waals surface area contributed by atoms with Crippen molar-refractivity contribution in [2.45, 2.75) is 31.2 Å². The third-order valence-corrected chi connectivity index (χ3v) is 6.06. The molecular weight excluding hydrogens is 537 g/mol. The number of aromatic amines is 1. The Morgan fingerprint density at radius 2 is 1.55 bits per heavy atom. The summed E-state index contributed by atoms with van der Waals surface area (Å²) in [4.78, 5) is 17.9. The van der Waals surface area contributed by atoms with Crippen molar-refractivity contribution < 1.29 is 41.3 Å². The summed E-state index contributed by atoms with van der Waals surface area (Å²) in [5, 5.41) is 9.11. The van der Waals surface area contributed by atoms with Gasteiger partial charge in [-0.1, -0.05) is 42.5 Å². The molecule has 0 saturated heterocycles. The lowest BCUT2D eigenvalue weighted by Crippen LogP contribution is -2.36. The predicted molar refractivity (Wildman–Crippen MR) is 136 cm³/mol. The highest BCUT2D eigenvalue weighted by molar-refractivity contribution is 5.70. The molecule has 0 aliphatic rings. The lowest BCUT2D eigenvalue weighted by molar-refractivity contribution is -0.191. The standard InChI is InChI=1S/C28H24F5N3O4/c1-26(34,15-22(37)38)25-35-23(24(36-25)39-2)18-10-13-21(20(14-18)27(29,30)31)40-28(32,33)19-11-8-17(9-12-19)16-6-4-3-5-7-16/h3-14H,15,34H2,1-2H3,(H,35,36)(H,37,38)/t26-/m0/s1. The van der Waals surface area contributed by atoms with Gasteiger partial charge in [0, 0.05) is 5.56 Å². The van der Waals surface area contributed by atoms with Gasteiger partial charge in [0.15, 0.2) is 0 Å². The summed E-state index contributed by atoms with van der Waals surface area (Å²) in [5.41, 5.74) is 3.66. The minimum absolute atomic E-state index is 0.0545. The van der Waals surface area contributed by atoms with Crippen molar-refractivity contribution in [2.24, 2.45) is 5.73 Å². The number of aliphatic carboxylic acids is 1. The molecular formula is C28H24F5N3O4. The second-order valence-corrected chi connectivity index (χ2v) is 9.23. The molecule has 0 saturated carbocycles. The van der Waals surface area contributed by atoms with E-state index in [1.165, 1.54) is 26.2 Å². The van der Waals surface area contributed by atoms with Gasteiger partial charge in [0.25, 0.3) is 0 Å². The number of nitrogens with one attached hydrogen (secondary N) is 1. The summed E-state index contributed by atoms with van der Waals surface area (Å²) >= 11 is 0. The number of H-pyrrole nitrogens is 1. The molecule has 0 spiro atoms. The lowest BCUT2D eigenvalue weighted by Gasteiger charge is -2.22. The van der Waals surface area contributed by atoms with E-state index >= 15 is 8.78 Å². The molecule has 40 heavy (non-hydrogen) atoms. The second kappa shape index (κ2) is 10.6. The van der Waals surface area contributed by atoms with E-state index < -0.39 is 47.1 Å². The monoisotopic (exact) mass is 561 g/mol. The van der Waals surface area contributed by atoms with E-state index in [1.807, 2.05) is 0 Å². The molecule has 4 N–H and O–H groups in total. The molecule has 0 radical (unpaired) electrons. The quantitative estimate of drug-likeness (QED) is 0.200. The third kappa shape index (κ3) is 6.07. The van der Waals surface area contributed by atoms with Gasteiger partial charge in [-0.05, 0) is 48.4 Å². The van der Waals surface area contributed by atoms with Gasteiger partial charge >= 0.3 is 18.3 Å². The van der Waals surface area contributed by atoms with Crippen LogP contribution in [-0.2, 0) is 22.6 Å². The van der Waals surface area contributed by atoms with E-state index in [-0.39, 0.29) is 23.0 Å². The maximum absolute atomic E-state index is 15.0. The summed E-state index contributed by atoms with van der Waals surface area (Å²) in [6, 6.07) is 16.5. The van der Waals surface area contributed by atoms with E-state index in [9.17, 15) is 18.0 Å². The zero-order valence-electron chi connectivity index (χ0n) is 21.2. The first-order valence-electron chi connectivity index (χ1n) is 11.8. The number of halogens is 5. The number of carbonyl (C=O) groups is 1. The molecule has 0 bridgehead atoms. The van der Waals surface area contributed by atoms with Crippen molar-refractivity contribution in [3.05, 3.63) is 89.7 Å². The number of ether oxygens (including phenoxy) is 2. The topological polar surface area (TPSA) is 110 Å². The molecule has 4 aromatic rings. The largest absolute Gasteiger partial charge is 0.481 e. The van der Waals surface area contributed by atoms with Gasteiger partial charge in [-0.25, -0.2) is 0 Å². The molecule has 1 atom stereocenters. The van der Waals surface area contributed by atoms with Crippen LogP contribution in [0.4, 0.5) is 22.0 Å². The molecule has 210 valence electrons. The Morgan fingerprint density at radius 3 is 2.12 bits per heavy atom. The molecule has 4 rings (SSSR count). The van der Waals surface area contributed by atoms with Gasteiger partial charge in [-0.3, -0.25) is 4.79 Å². The van der Waals surface area contributed by atoms with Crippen LogP contribution < -0.4 is 15.2 Å². The number of methoxy groups -OCH3 is 1. The number of imidazole rings is 1. The number of carboxylic acids is 1. The number of hydrogen-bond acceptors (Lipinski definition) is 5. The Labute approximate surface area is 225 Å². The number of aromatic nitrogens is 2. The van der Waals surface area contributed by atoms with Crippen molar-refractivity contribution in [3.8, 4) is 34.0 Å². The van der Waals surface area contributed by atoms with E-state index in [0.717, 1.165) is 29.8 Å². The Kier molecular flexibility index (Phi) is 7.57. The van der Waals surface area contributed by atoms with Crippen LogP contribution in [0.25, 0.3) is 22.4 Å². The molecule has 1 heterocycles. The summed E-state index contributed by atoms with van der Waals surface area (Å²) < 4.78 is 81.9. The fourth-order valence-electron chi connectivity index (χ4n) is 4.05. The van der Waals surface area contributed by atoms with Gasteiger partial charge in [-0.2, -0.15) is 26.9 Å². The molecule has 0 unspecified atom stereocenters. The highest BCUT2D eigenvalue weighted by atomic mass is 19.4. The molecule has 12 heteroatoms. The summed E-state index contributed by atoms with van der Waals surface area (Å²) in [7, 11) is 1.21. The Hall–Kier alpha value is -4.45. The van der Waals surface area contributed by atoms with Gasteiger partial charge in [0.2, 0.25) is 5.88 Å². The highest BCUT2D eigenvalue weighted by Gasteiger charge is 2.41. The Balaban J connectivity index is 1.68. The second-order valence-electron chi connectivity index (χ2n) is 9.23. The average Bonchev–Trinajstić information content (AvgIpc) is 3.34. The van der Waals surface area contributed by atoms with Crippen LogP contribution >= 0.6 is 0 Å². The Morgan fingerprint density at radius 1 is 0.950 bits per heavy atom. The van der Waals surface area contributed by atoms with Gasteiger partial charge in [0.1, 0.15) is 17.3 Å². The van der Waals surface area contributed by atoms with Crippen LogP contribution in [0.3, 0.4) is 0 Å². The van der Waals surface area contributed by atoms with E-state index in [1.54, 1.807) is 30.3 Å². The SMILES string of the molecule is COc1nc([C@@](C)(N)CC(=O)O)[nH]c1-c1ccc(OC(F)(F)c2ccc(-c3ccccc3)cc2)c(C(F)(F)F)c1. The minimum Gasteiger partial charge on any atom is -0.481 e. The Bertz CT molecular complexity index is 1500. The first-order valence-corrected chi connectivity index (χ1v) is 11.8. The fourth-order valence-corrected chi connectivity index (χ4v) is 4.05. The summed E-state index contributed by atoms with van der Waals surface area (Å²) in [6.45, 7) is 1.37. The number of rotatable bonds is 9. The number of nitrogens with zero attached hydrogens (tertiary/aromatic N) is 1. The number of hydrogen-bond donors (Lipinski definition) is 3. The van der Waals surface area contributed by atoms with Crippen molar-refractivity contribution in [1.29, 1.82) is 0 Å². The van der Waals surface area contributed by atoms with Gasteiger partial charge in [-0.15, -0.1) is 0 Å². The van der Waals surface area contributed by atoms with Crippen LogP contribution in [0.5, 0.6) is 11.6 Å². The first kappa shape index (κ1) is 28.6. The van der Waals surface area contributed by atoms with Crippen molar-refractivity contribution in [1.82, 2.24) is 9.97 Å². The van der Waals surface area contributed by atoms with E-state index in [2.05, 4.69) is 14.7 Å². The third-order valence-electron chi connectivity index (χ3n) is 6.06. The number of alkyl halides is 5. The first-order chi connectivity index (χ1) is 18.7. The van der Waals surface area contributed by atoms with Crippen LogP contribution in [-0.4, -0.2) is 28.2 Å². The maximum atomic E-state index is 15.0. The number of benzene rings is 3. The van der Waals surface area contributed by atoms with Crippen molar-refractivity contribution in [3.63, 3.8) is 0 Å². The van der Waals surface area contributed by atoms with Crippen LogP contribution in [0.2, 0.25) is 0 Å². The molecule has 0 aliphatic heterocycles. The van der Waals surface area contributed by atoms with Gasteiger partial charge in [0.05, 0.1) is 30.2 Å².